The first-order valence-electron chi connectivity index (χ1n) is 7.70. The molecule has 0 bridgehead atoms. The van der Waals surface area contributed by atoms with Crippen LogP contribution in [0, 0.1) is 6.92 Å². The van der Waals surface area contributed by atoms with Crippen LogP contribution in [0.2, 0.25) is 0 Å². The van der Waals surface area contributed by atoms with E-state index >= 15 is 0 Å². The van der Waals surface area contributed by atoms with Crippen LogP contribution in [0.15, 0.2) is 41.3 Å². The van der Waals surface area contributed by atoms with Crippen molar-refractivity contribution in [1.82, 2.24) is 19.4 Å². The van der Waals surface area contributed by atoms with Gasteiger partial charge >= 0.3 is 0 Å². The van der Waals surface area contributed by atoms with E-state index in [1.54, 1.807) is 13.8 Å². The molecule has 0 saturated carbocycles. The van der Waals surface area contributed by atoms with Crippen molar-refractivity contribution in [2.24, 2.45) is 0 Å². The van der Waals surface area contributed by atoms with Crippen LogP contribution in [0.25, 0.3) is 27.9 Å². The molecule has 4 rings (SSSR count). The van der Waals surface area contributed by atoms with Crippen LogP contribution in [0.1, 0.15) is 25.1 Å². The monoisotopic (exact) mass is 384 g/mol. The van der Waals surface area contributed by atoms with Crippen LogP contribution in [0.4, 0.5) is 0 Å². The number of hydrogen-bond donors (Lipinski definition) is 2. The van der Waals surface area contributed by atoms with Gasteiger partial charge in [-0.1, -0.05) is 24.3 Å². The van der Waals surface area contributed by atoms with Gasteiger partial charge < -0.3 is 10.1 Å². The quantitative estimate of drug-likeness (QED) is 0.544. The maximum Gasteiger partial charge on any atom is 0.155 e. The molecule has 122 valence electrons. The number of benzene rings is 1. The van der Waals surface area contributed by atoms with Crippen molar-refractivity contribution >= 4 is 32.6 Å². The number of H-pyrrole nitrogens is 1. The van der Waals surface area contributed by atoms with E-state index in [4.69, 9.17) is 0 Å². The summed E-state index contributed by atoms with van der Waals surface area (Å²) in [6, 6.07) is 9.86. The summed E-state index contributed by atoms with van der Waals surface area (Å²) in [6.45, 7) is 5.55. The number of aliphatic hydroxyl groups is 1. The van der Waals surface area contributed by atoms with Gasteiger partial charge in [-0.3, -0.25) is 4.40 Å². The molecular formula is C18H17BrN4O. The minimum atomic E-state index is -0.851. The van der Waals surface area contributed by atoms with Gasteiger partial charge in [0.1, 0.15) is 6.33 Å². The third kappa shape index (κ3) is 2.34. The molecule has 0 unspecified atom stereocenters. The first-order valence-corrected chi connectivity index (χ1v) is 8.49. The second-order valence-electron chi connectivity index (χ2n) is 6.50. The smallest absolute Gasteiger partial charge is 0.155 e. The molecule has 0 fully saturated rings. The van der Waals surface area contributed by atoms with Crippen LogP contribution in [-0.2, 0) is 5.60 Å². The van der Waals surface area contributed by atoms with Gasteiger partial charge in [-0.2, -0.15) is 0 Å². The van der Waals surface area contributed by atoms with Crippen LogP contribution in [0.5, 0.6) is 0 Å². The lowest BCUT2D eigenvalue weighted by Crippen LogP contribution is -2.14. The molecule has 0 aliphatic heterocycles. The average Bonchev–Trinajstić information content (AvgIpc) is 3.10. The Labute approximate surface area is 147 Å². The Balaban J connectivity index is 1.93. The standard InChI is InChI=1S/C18H17BrN4O/c1-10-16-15(11-4-6-12(7-5-11)18(2,3)24)20-9-23(16)13-8-14(19)22-17(13)21-10/h4-9,22,24H,1-3H3. The number of aromatic amines is 1. The molecule has 3 heterocycles. The summed E-state index contributed by atoms with van der Waals surface area (Å²) in [5, 5.41) is 10.1. The first kappa shape index (κ1) is 15.4. The summed E-state index contributed by atoms with van der Waals surface area (Å²) in [5.41, 5.74) is 5.63. The highest BCUT2D eigenvalue weighted by molar-refractivity contribution is 9.10. The minimum Gasteiger partial charge on any atom is -0.386 e. The third-order valence-electron chi connectivity index (χ3n) is 4.26. The van der Waals surface area contributed by atoms with Crippen LogP contribution < -0.4 is 0 Å². The highest BCUT2D eigenvalue weighted by Gasteiger charge is 2.18. The molecule has 2 N–H and O–H groups in total. The first-order chi connectivity index (χ1) is 11.3. The Morgan fingerprint density at radius 2 is 1.92 bits per heavy atom. The Kier molecular flexibility index (Phi) is 3.30. The summed E-state index contributed by atoms with van der Waals surface area (Å²) < 4.78 is 2.94. The van der Waals surface area contributed by atoms with E-state index in [0.717, 1.165) is 43.8 Å². The van der Waals surface area contributed by atoms with Crippen molar-refractivity contribution in [3.8, 4) is 11.3 Å². The van der Waals surface area contributed by atoms with Crippen molar-refractivity contribution in [3.05, 3.63) is 52.5 Å². The second-order valence-corrected chi connectivity index (χ2v) is 7.35. The molecule has 0 spiro atoms. The fourth-order valence-electron chi connectivity index (χ4n) is 3.02. The Morgan fingerprint density at radius 1 is 1.21 bits per heavy atom. The van der Waals surface area contributed by atoms with Crippen LogP contribution in [0.3, 0.4) is 0 Å². The SMILES string of the molecule is Cc1nc2[nH]c(Br)cc2n2cnc(-c3ccc(C(C)(C)O)cc3)c12. The predicted molar refractivity (Wildman–Crippen MR) is 98.0 cm³/mol. The van der Waals surface area contributed by atoms with E-state index in [0.29, 0.717) is 0 Å². The lowest BCUT2D eigenvalue weighted by molar-refractivity contribution is 0.0786. The lowest BCUT2D eigenvalue weighted by atomic mass is 9.96. The molecule has 0 aliphatic rings. The van der Waals surface area contributed by atoms with Crippen molar-refractivity contribution in [1.29, 1.82) is 0 Å². The number of nitrogens with one attached hydrogen (secondary N) is 1. The van der Waals surface area contributed by atoms with E-state index in [9.17, 15) is 5.11 Å². The van der Waals surface area contributed by atoms with Gasteiger partial charge in [0.2, 0.25) is 0 Å². The Bertz CT molecular complexity index is 1050. The minimum absolute atomic E-state index is 0.827. The molecule has 1 aromatic carbocycles. The number of fused-ring (bicyclic) bond motifs is 3. The largest absolute Gasteiger partial charge is 0.386 e. The van der Waals surface area contributed by atoms with Crippen molar-refractivity contribution in [2.45, 2.75) is 26.4 Å². The number of imidazole rings is 1. The molecule has 4 aromatic rings. The molecule has 3 aromatic heterocycles. The summed E-state index contributed by atoms with van der Waals surface area (Å²) in [6.07, 6.45) is 1.83. The second kappa shape index (κ2) is 5.16. The van der Waals surface area contributed by atoms with Crippen molar-refractivity contribution < 1.29 is 5.11 Å². The van der Waals surface area contributed by atoms with Gasteiger partial charge in [-0.25, -0.2) is 9.97 Å². The number of aromatic nitrogens is 4. The zero-order valence-corrected chi connectivity index (χ0v) is 15.2. The van der Waals surface area contributed by atoms with E-state index in [2.05, 4.69) is 35.3 Å². The topological polar surface area (TPSA) is 66.2 Å². The zero-order chi connectivity index (χ0) is 17.1. The molecule has 0 radical (unpaired) electrons. The third-order valence-corrected chi connectivity index (χ3v) is 4.69. The van der Waals surface area contributed by atoms with Crippen LogP contribution >= 0.6 is 15.9 Å². The fraction of sp³-hybridized carbons (Fsp3) is 0.222. The lowest BCUT2D eigenvalue weighted by Gasteiger charge is -2.17. The average molecular weight is 385 g/mol. The predicted octanol–water partition coefficient (Wildman–Crippen LogP) is 4.18. The number of rotatable bonds is 2. The number of nitrogens with zero attached hydrogens (tertiary/aromatic N) is 3. The molecule has 0 aliphatic carbocycles. The molecule has 6 heteroatoms. The summed E-state index contributed by atoms with van der Waals surface area (Å²) in [7, 11) is 0. The summed E-state index contributed by atoms with van der Waals surface area (Å²) in [5.74, 6) is 0. The van der Waals surface area contributed by atoms with Gasteiger partial charge in [-0.15, -0.1) is 0 Å². The molecule has 0 atom stereocenters. The van der Waals surface area contributed by atoms with E-state index in [1.165, 1.54) is 0 Å². The van der Waals surface area contributed by atoms with Gasteiger partial charge in [0.25, 0.3) is 0 Å². The maximum absolute atomic E-state index is 10.1. The Hall–Kier alpha value is -2.18. The molecule has 24 heavy (non-hydrogen) atoms. The van der Waals surface area contributed by atoms with Crippen molar-refractivity contribution in [3.63, 3.8) is 0 Å². The zero-order valence-electron chi connectivity index (χ0n) is 13.6. The van der Waals surface area contributed by atoms with E-state index in [1.807, 2.05) is 43.6 Å². The van der Waals surface area contributed by atoms with Crippen molar-refractivity contribution in [2.75, 3.05) is 0 Å². The molecule has 5 nitrogen and oxygen atoms in total. The van der Waals surface area contributed by atoms with E-state index in [-0.39, 0.29) is 0 Å². The molecule has 0 saturated heterocycles. The normalized spacial score (nSPS) is 12.4. The van der Waals surface area contributed by atoms with Gasteiger partial charge in [0, 0.05) is 5.56 Å². The molecule has 0 amide bonds. The highest BCUT2D eigenvalue weighted by atomic mass is 79.9. The molecular weight excluding hydrogens is 368 g/mol. The fourth-order valence-corrected chi connectivity index (χ4v) is 3.42. The number of hydrogen-bond acceptors (Lipinski definition) is 3. The summed E-state index contributed by atoms with van der Waals surface area (Å²) >= 11 is 3.46. The number of aryl methyl sites for hydroxylation is 1. The summed E-state index contributed by atoms with van der Waals surface area (Å²) in [4.78, 5) is 12.5. The Morgan fingerprint density at radius 3 is 2.58 bits per heavy atom. The maximum atomic E-state index is 10.1. The van der Waals surface area contributed by atoms with E-state index < -0.39 is 5.60 Å². The van der Waals surface area contributed by atoms with Gasteiger partial charge in [0.05, 0.1) is 32.6 Å². The number of halogens is 1. The van der Waals surface area contributed by atoms with Crippen LogP contribution in [-0.4, -0.2) is 24.5 Å². The highest BCUT2D eigenvalue weighted by Crippen LogP contribution is 2.30. The van der Waals surface area contributed by atoms with Gasteiger partial charge in [0.15, 0.2) is 5.65 Å². The van der Waals surface area contributed by atoms with Gasteiger partial charge in [-0.05, 0) is 48.3 Å².